The van der Waals surface area contributed by atoms with Gasteiger partial charge in [-0.3, -0.25) is 9.69 Å². The Balaban J connectivity index is 1.57. The molecule has 0 aromatic rings. The summed E-state index contributed by atoms with van der Waals surface area (Å²) in [5.41, 5.74) is 0. The average Bonchev–Trinajstić information content (AvgIpc) is 2.90. The van der Waals surface area contributed by atoms with Gasteiger partial charge in [0.05, 0.1) is 6.10 Å². The lowest BCUT2D eigenvalue weighted by atomic mass is 10.2. The van der Waals surface area contributed by atoms with Crippen molar-refractivity contribution < 1.29 is 9.90 Å². The summed E-state index contributed by atoms with van der Waals surface area (Å²) in [6.45, 7) is 7.45. The van der Waals surface area contributed by atoms with E-state index in [1.165, 1.54) is 12.8 Å². The lowest BCUT2D eigenvalue weighted by Crippen LogP contribution is -2.49. The van der Waals surface area contributed by atoms with Crippen molar-refractivity contribution in [3.8, 4) is 0 Å². The van der Waals surface area contributed by atoms with Gasteiger partial charge in [-0.05, 0) is 19.8 Å². The van der Waals surface area contributed by atoms with Gasteiger partial charge in [0.2, 0.25) is 5.91 Å². The van der Waals surface area contributed by atoms with Gasteiger partial charge in [0, 0.05) is 51.7 Å². The molecule has 0 aromatic carbocycles. The summed E-state index contributed by atoms with van der Waals surface area (Å²) in [6, 6.07) is 0.436. The maximum absolute atomic E-state index is 11.9. The third-order valence-electron chi connectivity index (χ3n) is 4.36. The molecule has 5 heteroatoms. The van der Waals surface area contributed by atoms with Crippen molar-refractivity contribution in [3.05, 3.63) is 0 Å². The number of hydrogen-bond acceptors (Lipinski definition) is 4. The molecule has 1 saturated heterocycles. The molecular formula is C15H29N3O2. The predicted octanol–water partition coefficient (Wildman–Crippen LogP) is 0.434. The zero-order valence-corrected chi connectivity index (χ0v) is 12.7. The maximum atomic E-state index is 11.9. The molecule has 0 unspecified atom stereocenters. The third-order valence-corrected chi connectivity index (χ3v) is 4.36. The number of nitrogens with zero attached hydrogens (tertiary/aromatic N) is 2. The van der Waals surface area contributed by atoms with Crippen LogP contribution in [0.1, 0.15) is 39.0 Å². The molecule has 1 aliphatic heterocycles. The predicted molar refractivity (Wildman–Crippen MR) is 79.6 cm³/mol. The average molecular weight is 283 g/mol. The summed E-state index contributed by atoms with van der Waals surface area (Å²) in [5.74, 6) is 0.211. The number of amides is 1. The minimum Gasteiger partial charge on any atom is -0.392 e. The van der Waals surface area contributed by atoms with E-state index in [9.17, 15) is 9.90 Å². The number of piperazine rings is 1. The topological polar surface area (TPSA) is 55.8 Å². The first-order valence-corrected chi connectivity index (χ1v) is 8.05. The summed E-state index contributed by atoms with van der Waals surface area (Å²) >= 11 is 0. The van der Waals surface area contributed by atoms with Gasteiger partial charge in [0.1, 0.15) is 0 Å². The van der Waals surface area contributed by atoms with Crippen LogP contribution < -0.4 is 5.32 Å². The van der Waals surface area contributed by atoms with Gasteiger partial charge >= 0.3 is 0 Å². The van der Waals surface area contributed by atoms with Crippen LogP contribution >= 0.6 is 0 Å². The van der Waals surface area contributed by atoms with Crippen LogP contribution in [0.4, 0.5) is 0 Å². The molecule has 0 aromatic heterocycles. The number of hydrogen-bond donors (Lipinski definition) is 2. The van der Waals surface area contributed by atoms with E-state index in [-0.39, 0.29) is 12.0 Å². The van der Waals surface area contributed by atoms with Crippen LogP contribution in [-0.4, -0.2) is 72.2 Å². The highest BCUT2D eigenvalue weighted by Crippen LogP contribution is 2.17. The fraction of sp³-hybridized carbons (Fsp3) is 0.933. The van der Waals surface area contributed by atoms with E-state index in [2.05, 4.69) is 15.1 Å². The van der Waals surface area contributed by atoms with Crippen LogP contribution in [0.25, 0.3) is 0 Å². The number of rotatable bonds is 6. The highest BCUT2D eigenvalue weighted by Gasteiger charge is 2.20. The minimum absolute atomic E-state index is 0.211. The van der Waals surface area contributed by atoms with Crippen molar-refractivity contribution in [1.29, 1.82) is 0 Å². The SMILES string of the molecule is C[C@H](O)CN1CCN(CCC(=O)NC2CCCC2)CC1. The highest BCUT2D eigenvalue weighted by molar-refractivity contribution is 5.76. The molecule has 116 valence electrons. The summed E-state index contributed by atoms with van der Waals surface area (Å²) < 4.78 is 0. The van der Waals surface area contributed by atoms with Gasteiger partial charge in [0.15, 0.2) is 0 Å². The summed E-state index contributed by atoms with van der Waals surface area (Å²) in [6.07, 6.45) is 5.20. The number of carbonyl (C=O) groups excluding carboxylic acids is 1. The Labute approximate surface area is 122 Å². The van der Waals surface area contributed by atoms with E-state index >= 15 is 0 Å². The smallest absolute Gasteiger partial charge is 0.221 e. The Morgan fingerprint density at radius 1 is 1.20 bits per heavy atom. The van der Waals surface area contributed by atoms with Gasteiger partial charge in [-0.1, -0.05) is 12.8 Å². The highest BCUT2D eigenvalue weighted by atomic mass is 16.3. The van der Waals surface area contributed by atoms with E-state index in [1.54, 1.807) is 0 Å². The van der Waals surface area contributed by atoms with Crippen molar-refractivity contribution in [1.82, 2.24) is 15.1 Å². The van der Waals surface area contributed by atoms with Crippen molar-refractivity contribution in [2.45, 2.75) is 51.2 Å². The van der Waals surface area contributed by atoms with Gasteiger partial charge in [-0.2, -0.15) is 0 Å². The Bertz CT molecular complexity index is 295. The largest absolute Gasteiger partial charge is 0.392 e. The Hall–Kier alpha value is -0.650. The van der Waals surface area contributed by atoms with E-state index < -0.39 is 0 Å². The van der Waals surface area contributed by atoms with Crippen LogP contribution in [0.2, 0.25) is 0 Å². The van der Waals surface area contributed by atoms with Crippen LogP contribution in [0, 0.1) is 0 Å². The zero-order chi connectivity index (χ0) is 14.4. The molecule has 2 rings (SSSR count). The minimum atomic E-state index is -0.251. The first kappa shape index (κ1) is 15.7. The van der Waals surface area contributed by atoms with Crippen molar-refractivity contribution in [3.63, 3.8) is 0 Å². The Kier molecular flexibility index (Phi) is 6.26. The lowest BCUT2D eigenvalue weighted by Gasteiger charge is -2.35. The normalized spacial score (nSPS) is 23.9. The van der Waals surface area contributed by atoms with Gasteiger partial charge in [0.25, 0.3) is 0 Å². The van der Waals surface area contributed by atoms with Crippen LogP contribution in [0.3, 0.4) is 0 Å². The molecule has 2 fully saturated rings. The van der Waals surface area contributed by atoms with Gasteiger partial charge in [-0.25, -0.2) is 0 Å². The Morgan fingerprint density at radius 2 is 1.80 bits per heavy atom. The van der Waals surface area contributed by atoms with Crippen LogP contribution in [-0.2, 0) is 4.79 Å². The monoisotopic (exact) mass is 283 g/mol. The van der Waals surface area contributed by atoms with E-state index in [4.69, 9.17) is 0 Å². The molecule has 2 N–H and O–H groups in total. The van der Waals surface area contributed by atoms with Crippen molar-refractivity contribution >= 4 is 5.91 Å². The second kappa shape index (κ2) is 7.96. The molecule has 1 amide bonds. The maximum Gasteiger partial charge on any atom is 0.221 e. The number of β-amino-alcohol motifs (C(OH)–C–C–N with tert-alkyl or cyclic N) is 1. The van der Waals surface area contributed by atoms with Crippen molar-refractivity contribution in [2.24, 2.45) is 0 Å². The van der Waals surface area contributed by atoms with Crippen LogP contribution in [0.15, 0.2) is 0 Å². The third kappa shape index (κ3) is 5.38. The summed E-state index contributed by atoms with van der Waals surface area (Å²) in [5, 5.41) is 12.5. The van der Waals surface area contributed by atoms with Crippen LogP contribution in [0.5, 0.6) is 0 Å². The molecule has 1 atom stereocenters. The number of carbonyl (C=O) groups is 1. The molecule has 1 aliphatic carbocycles. The first-order valence-electron chi connectivity index (χ1n) is 8.05. The number of aliphatic hydroxyl groups excluding tert-OH is 1. The molecule has 1 heterocycles. The molecule has 0 radical (unpaired) electrons. The molecule has 5 nitrogen and oxygen atoms in total. The molecule has 0 bridgehead atoms. The molecule has 0 spiro atoms. The molecule has 20 heavy (non-hydrogen) atoms. The first-order chi connectivity index (χ1) is 9.63. The number of aliphatic hydroxyl groups is 1. The van der Waals surface area contributed by atoms with E-state index in [0.717, 1.165) is 52.1 Å². The second-order valence-corrected chi connectivity index (χ2v) is 6.29. The standard InChI is InChI=1S/C15H29N3O2/c1-13(19)12-18-10-8-17(9-11-18)7-6-15(20)16-14-4-2-3-5-14/h13-14,19H,2-12H2,1H3,(H,16,20)/t13-/m0/s1. The van der Waals surface area contributed by atoms with Gasteiger partial charge in [-0.15, -0.1) is 0 Å². The fourth-order valence-electron chi connectivity index (χ4n) is 3.20. The summed E-state index contributed by atoms with van der Waals surface area (Å²) in [7, 11) is 0. The second-order valence-electron chi connectivity index (χ2n) is 6.29. The number of nitrogens with one attached hydrogen (secondary N) is 1. The quantitative estimate of drug-likeness (QED) is 0.742. The summed E-state index contributed by atoms with van der Waals surface area (Å²) in [4.78, 5) is 16.5. The van der Waals surface area contributed by atoms with Crippen molar-refractivity contribution in [2.75, 3.05) is 39.3 Å². The molecule has 1 saturated carbocycles. The molecule has 2 aliphatic rings. The zero-order valence-electron chi connectivity index (χ0n) is 12.7. The van der Waals surface area contributed by atoms with E-state index in [1.807, 2.05) is 6.92 Å². The lowest BCUT2D eigenvalue weighted by molar-refractivity contribution is -0.122. The van der Waals surface area contributed by atoms with E-state index in [0.29, 0.717) is 12.5 Å². The Morgan fingerprint density at radius 3 is 2.40 bits per heavy atom. The fourth-order valence-corrected chi connectivity index (χ4v) is 3.20. The molecular weight excluding hydrogens is 254 g/mol. The van der Waals surface area contributed by atoms with Gasteiger partial charge < -0.3 is 15.3 Å².